The number of carbonyl (C=O) groups excluding carboxylic acids is 1. The molecule has 1 rings (SSSR count). The summed E-state index contributed by atoms with van der Waals surface area (Å²) in [5.74, 6) is 2.64. The smallest absolute Gasteiger partial charge is 0.161 e. The van der Waals surface area contributed by atoms with Gasteiger partial charge in [-0.15, -0.1) is 12.3 Å². The lowest BCUT2D eigenvalue weighted by atomic mass is 10.2. The topological polar surface area (TPSA) is 22.0 Å². The van der Waals surface area contributed by atoms with Crippen LogP contribution in [-0.4, -0.2) is 10.4 Å². The van der Waals surface area contributed by atoms with E-state index in [1.165, 1.54) is 0 Å². The zero-order chi connectivity index (χ0) is 8.97. The Hall–Kier alpha value is -1.49. The van der Waals surface area contributed by atoms with Crippen LogP contribution in [0.3, 0.4) is 0 Å². The Morgan fingerprint density at radius 3 is 3.00 bits per heavy atom. The standard InChI is InChI=1S/C10H11NO/c1-3-4-6-11-7-5-10(8-11)9(2)12/h1,5,7-8H,4,6H2,2H3. The molecule has 0 aromatic carbocycles. The third-order valence-electron chi connectivity index (χ3n) is 1.67. The van der Waals surface area contributed by atoms with Crippen molar-refractivity contribution in [3.05, 3.63) is 24.0 Å². The highest BCUT2D eigenvalue weighted by atomic mass is 16.1. The molecule has 0 aliphatic carbocycles. The summed E-state index contributed by atoms with van der Waals surface area (Å²) in [6.07, 6.45) is 9.50. The van der Waals surface area contributed by atoms with Crippen LogP contribution < -0.4 is 0 Å². The largest absolute Gasteiger partial charge is 0.353 e. The summed E-state index contributed by atoms with van der Waals surface area (Å²) in [4.78, 5) is 10.9. The van der Waals surface area contributed by atoms with Crippen molar-refractivity contribution in [2.75, 3.05) is 0 Å². The predicted molar refractivity (Wildman–Crippen MR) is 47.9 cm³/mol. The van der Waals surface area contributed by atoms with E-state index in [-0.39, 0.29) is 5.78 Å². The van der Waals surface area contributed by atoms with Gasteiger partial charge in [0.15, 0.2) is 5.78 Å². The van der Waals surface area contributed by atoms with Crippen LogP contribution in [0.25, 0.3) is 0 Å². The minimum atomic E-state index is 0.0921. The van der Waals surface area contributed by atoms with Gasteiger partial charge in [-0.2, -0.15) is 0 Å². The molecule has 0 spiro atoms. The van der Waals surface area contributed by atoms with Crippen molar-refractivity contribution < 1.29 is 4.79 Å². The van der Waals surface area contributed by atoms with Gasteiger partial charge in [-0.05, 0) is 13.0 Å². The summed E-state index contributed by atoms with van der Waals surface area (Å²) in [6.45, 7) is 2.34. The fourth-order valence-corrected chi connectivity index (χ4v) is 0.982. The first-order valence-corrected chi connectivity index (χ1v) is 3.84. The Labute approximate surface area is 72.2 Å². The molecule has 0 fully saturated rings. The monoisotopic (exact) mass is 161 g/mol. The van der Waals surface area contributed by atoms with E-state index < -0.39 is 0 Å². The lowest BCUT2D eigenvalue weighted by Crippen LogP contribution is -1.93. The minimum absolute atomic E-state index is 0.0921. The van der Waals surface area contributed by atoms with Crippen molar-refractivity contribution in [1.82, 2.24) is 4.57 Å². The highest BCUT2D eigenvalue weighted by molar-refractivity contribution is 5.93. The highest BCUT2D eigenvalue weighted by Crippen LogP contribution is 2.02. The van der Waals surface area contributed by atoms with Gasteiger partial charge in [-0.25, -0.2) is 0 Å². The number of rotatable bonds is 3. The number of hydrogen-bond acceptors (Lipinski definition) is 1. The maximum atomic E-state index is 10.9. The first-order valence-electron chi connectivity index (χ1n) is 3.84. The van der Waals surface area contributed by atoms with Gasteiger partial charge in [0.2, 0.25) is 0 Å². The molecular formula is C10H11NO. The van der Waals surface area contributed by atoms with Crippen molar-refractivity contribution in [2.45, 2.75) is 19.9 Å². The number of hydrogen-bond donors (Lipinski definition) is 0. The molecule has 2 nitrogen and oxygen atoms in total. The number of terminal acetylenes is 1. The van der Waals surface area contributed by atoms with Gasteiger partial charge >= 0.3 is 0 Å². The quantitative estimate of drug-likeness (QED) is 0.488. The second-order valence-electron chi connectivity index (χ2n) is 2.65. The lowest BCUT2D eigenvalue weighted by molar-refractivity contribution is 0.101. The van der Waals surface area contributed by atoms with Gasteiger partial charge in [-0.1, -0.05) is 0 Å². The average molecular weight is 161 g/mol. The first-order chi connectivity index (χ1) is 5.74. The lowest BCUT2D eigenvalue weighted by Gasteiger charge is -1.95. The molecule has 0 N–H and O–H groups in total. The van der Waals surface area contributed by atoms with Gasteiger partial charge in [0.05, 0.1) is 0 Å². The van der Waals surface area contributed by atoms with Crippen LogP contribution in [0.15, 0.2) is 18.5 Å². The second-order valence-corrected chi connectivity index (χ2v) is 2.65. The fourth-order valence-electron chi connectivity index (χ4n) is 0.982. The number of nitrogens with zero attached hydrogens (tertiary/aromatic N) is 1. The van der Waals surface area contributed by atoms with Gasteiger partial charge in [0.1, 0.15) is 0 Å². The van der Waals surface area contributed by atoms with Crippen LogP contribution in [0.5, 0.6) is 0 Å². The molecule has 0 atom stereocenters. The van der Waals surface area contributed by atoms with Crippen molar-refractivity contribution in [2.24, 2.45) is 0 Å². The summed E-state index contributed by atoms with van der Waals surface area (Å²) < 4.78 is 1.93. The SMILES string of the molecule is C#CCCn1ccc(C(C)=O)c1. The van der Waals surface area contributed by atoms with E-state index in [0.717, 1.165) is 12.1 Å². The van der Waals surface area contributed by atoms with Gasteiger partial charge < -0.3 is 4.57 Å². The summed E-state index contributed by atoms with van der Waals surface area (Å²) in [5, 5.41) is 0. The normalized spacial score (nSPS) is 9.33. The van der Waals surface area contributed by atoms with Gasteiger partial charge in [0.25, 0.3) is 0 Å². The molecule has 1 aromatic heterocycles. The molecule has 2 heteroatoms. The molecule has 1 aromatic rings. The number of aromatic nitrogens is 1. The van der Waals surface area contributed by atoms with Crippen LogP contribution in [0.4, 0.5) is 0 Å². The summed E-state index contributed by atoms with van der Waals surface area (Å²) in [5.41, 5.74) is 0.743. The molecule has 0 amide bonds. The Bertz CT molecular complexity index is 317. The van der Waals surface area contributed by atoms with Crippen LogP contribution in [0.2, 0.25) is 0 Å². The van der Waals surface area contributed by atoms with E-state index in [0.29, 0.717) is 6.42 Å². The maximum Gasteiger partial charge on any atom is 0.161 e. The van der Waals surface area contributed by atoms with Crippen LogP contribution in [0.1, 0.15) is 23.7 Å². The second kappa shape index (κ2) is 3.77. The fraction of sp³-hybridized carbons (Fsp3) is 0.300. The molecule has 1 heterocycles. The molecule has 0 aliphatic heterocycles. The molecular weight excluding hydrogens is 150 g/mol. The van der Waals surface area contributed by atoms with Crippen molar-refractivity contribution in [3.63, 3.8) is 0 Å². The Morgan fingerprint density at radius 2 is 2.50 bits per heavy atom. The molecule has 0 radical (unpaired) electrons. The van der Waals surface area contributed by atoms with E-state index in [4.69, 9.17) is 6.42 Å². The van der Waals surface area contributed by atoms with Crippen molar-refractivity contribution >= 4 is 5.78 Å². The summed E-state index contributed by atoms with van der Waals surface area (Å²) >= 11 is 0. The van der Waals surface area contributed by atoms with E-state index >= 15 is 0 Å². The highest BCUT2D eigenvalue weighted by Gasteiger charge is 1.99. The zero-order valence-electron chi connectivity index (χ0n) is 7.08. The third kappa shape index (κ3) is 2.00. The van der Waals surface area contributed by atoms with Crippen LogP contribution in [0, 0.1) is 12.3 Å². The Morgan fingerprint density at radius 1 is 1.75 bits per heavy atom. The average Bonchev–Trinajstić information content (AvgIpc) is 2.48. The predicted octanol–water partition coefficient (Wildman–Crippen LogP) is 1.71. The number of Topliss-reactive ketones (excluding diaryl/α,β-unsaturated/α-hetero) is 1. The van der Waals surface area contributed by atoms with Crippen LogP contribution >= 0.6 is 0 Å². The molecule has 0 bridgehead atoms. The maximum absolute atomic E-state index is 10.9. The van der Waals surface area contributed by atoms with E-state index in [1.54, 1.807) is 13.0 Å². The summed E-state index contributed by atoms with van der Waals surface area (Å²) in [7, 11) is 0. The number of ketones is 1. The minimum Gasteiger partial charge on any atom is -0.353 e. The van der Waals surface area contributed by atoms with Gasteiger partial charge in [-0.3, -0.25) is 4.79 Å². The molecule has 0 saturated heterocycles. The van der Waals surface area contributed by atoms with Crippen molar-refractivity contribution in [3.8, 4) is 12.3 Å². The molecule has 0 saturated carbocycles. The third-order valence-corrected chi connectivity index (χ3v) is 1.67. The summed E-state index contributed by atoms with van der Waals surface area (Å²) in [6, 6.07) is 1.80. The first kappa shape index (κ1) is 8.61. The number of carbonyl (C=O) groups is 1. The Kier molecular flexibility index (Phi) is 2.71. The number of aryl methyl sites for hydroxylation is 1. The molecule has 0 unspecified atom stereocenters. The van der Waals surface area contributed by atoms with Crippen molar-refractivity contribution in [1.29, 1.82) is 0 Å². The zero-order valence-corrected chi connectivity index (χ0v) is 7.08. The van der Waals surface area contributed by atoms with E-state index in [1.807, 2.05) is 17.0 Å². The van der Waals surface area contributed by atoms with Gasteiger partial charge in [0, 0.05) is 30.9 Å². The molecule has 0 aliphatic rings. The molecule has 12 heavy (non-hydrogen) atoms. The molecule has 62 valence electrons. The van der Waals surface area contributed by atoms with E-state index in [9.17, 15) is 4.79 Å². The van der Waals surface area contributed by atoms with Crippen LogP contribution in [-0.2, 0) is 6.54 Å². The Balaban J connectivity index is 2.66. The van der Waals surface area contributed by atoms with E-state index in [2.05, 4.69) is 5.92 Å².